The molecule has 6 nitrogen and oxygen atoms in total. The van der Waals surface area contributed by atoms with Gasteiger partial charge in [-0.2, -0.15) is 0 Å². The Morgan fingerprint density at radius 2 is 1.79 bits per heavy atom. The van der Waals surface area contributed by atoms with Crippen molar-refractivity contribution in [2.45, 2.75) is 18.1 Å². The number of rotatable bonds is 4. The minimum atomic E-state index is -0.307. The van der Waals surface area contributed by atoms with E-state index in [2.05, 4.69) is 5.32 Å². The molecule has 1 rings (SSSR count). The molecule has 0 saturated carbocycles. The van der Waals surface area contributed by atoms with Crippen LogP contribution < -0.4 is 5.32 Å². The molecule has 0 bridgehead atoms. The summed E-state index contributed by atoms with van der Waals surface area (Å²) in [5.74, 6) is 0. The maximum atomic E-state index is 9.09. The second-order valence-electron chi connectivity index (χ2n) is 3.50. The summed E-state index contributed by atoms with van der Waals surface area (Å²) in [5, 5.41) is 39.2. The maximum Gasteiger partial charge on any atom is 0.0960 e. The second kappa shape index (κ2) is 5.59. The van der Waals surface area contributed by atoms with E-state index in [0.29, 0.717) is 6.54 Å². The predicted molar refractivity (Wildman–Crippen MR) is 49.5 cm³/mol. The molecule has 6 heteroatoms. The summed E-state index contributed by atoms with van der Waals surface area (Å²) in [5.41, 5.74) is 0. The molecule has 3 atom stereocenters. The van der Waals surface area contributed by atoms with E-state index in [-0.39, 0.29) is 44.7 Å². The van der Waals surface area contributed by atoms with Crippen LogP contribution in [0.5, 0.6) is 0 Å². The molecule has 84 valence electrons. The number of nitrogens with one attached hydrogen (secondary N) is 1. The van der Waals surface area contributed by atoms with Gasteiger partial charge < -0.3 is 25.7 Å². The van der Waals surface area contributed by atoms with Crippen LogP contribution in [0.2, 0.25) is 0 Å². The molecular formula is C8H18N2O4. The highest BCUT2D eigenvalue weighted by Gasteiger charge is 2.33. The normalized spacial score (nSPS) is 34.7. The van der Waals surface area contributed by atoms with Crippen LogP contribution in [0.4, 0.5) is 0 Å². The van der Waals surface area contributed by atoms with Crippen molar-refractivity contribution in [2.24, 2.45) is 0 Å². The highest BCUT2D eigenvalue weighted by atomic mass is 16.3. The fourth-order valence-electron chi connectivity index (χ4n) is 1.83. The Hall–Kier alpha value is -0.240. The van der Waals surface area contributed by atoms with Crippen LogP contribution in [0.3, 0.4) is 0 Å². The second-order valence-corrected chi connectivity index (χ2v) is 3.50. The van der Waals surface area contributed by atoms with Gasteiger partial charge in [-0.3, -0.25) is 4.90 Å². The monoisotopic (exact) mass is 206 g/mol. The summed E-state index contributed by atoms with van der Waals surface area (Å²) in [6.45, 7) is -0.0189. The fourth-order valence-corrected chi connectivity index (χ4v) is 1.83. The molecule has 0 amide bonds. The van der Waals surface area contributed by atoms with Crippen molar-refractivity contribution in [1.82, 2.24) is 10.2 Å². The fraction of sp³-hybridized carbons (Fsp3) is 1.00. The summed E-state index contributed by atoms with van der Waals surface area (Å²) in [4.78, 5) is 1.64. The SMILES string of the molecule is OCC1CN(CO)C(CO)C(CO)N1. The number of hydrogen-bond donors (Lipinski definition) is 5. The largest absolute Gasteiger partial charge is 0.395 e. The first-order valence-corrected chi connectivity index (χ1v) is 4.70. The smallest absolute Gasteiger partial charge is 0.0960 e. The van der Waals surface area contributed by atoms with Gasteiger partial charge in [0.1, 0.15) is 0 Å². The van der Waals surface area contributed by atoms with Gasteiger partial charge in [0.15, 0.2) is 0 Å². The van der Waals surface area contributed by atoms with E-state index in [1.165, 1.54) is 0 Å². The van der Waals surface area contributed by atoms with Crippen molar-refractivity contribution in [2.75, 3.05) is 33.1 Å². The Balaban J connectivity index is 2.63. The first-order chi connectivity index (χ1) is 6.76. The maximum absolute atomic E-state index is 9.09. The van der Waals surface area contributed by atoms with Crippen LogP contribution in [0.15, 0.2) is 0 Å². The van der Waals surface area contributed by atoms with Gasteiger partial charge in [0.25, 0.3) is 0 Å². The Kier molecular flexibility index (Phi) is 4.73. The van der Waals surface area contributed by atoms with Crippen molar-refractivity contribution in [3.05, 3.63) is 0 Å². The Morgan fingerprint density at radius 3 is 2.21 bits per heavy atom. The molecule has 1 fully saturated rings. The summed E-state index contributed by atoms with van der Waals surface area (Å²) in [7, 11) is 0. The van der Waals surface area contributed by atoms with Crippen LogP contribution in [0.1, 0.15) is 0 Å². The molecule has 1 aliphatic rings. The summed E-state index contributed by atoms with van der Waals surface area (Å²) < 4.78 is 0. The van der Waals surface area contributed by atoms with E-state index in [0.717, 1.165) is 0 Å². The van der Waals surface area contributed by atoms with E-state index >= 15 is 0 Å². The Bertz CT molecular complexity index is 155. The van der Waals surface area contributed by atoms with E-state index in [1.807, 2.05) is 0 Å². The van der Waals surface area contributed by atoms with Gasteiger partial charge >= 0.3 is 0 Å². The Morgan fingerprint density at radius 1 is 1.07 bits per heavy atom. The van der Waals surface area contributed by atoms with Gasteiger partial charge in [-0.05, 0) is 0 Å². The first kappa shape index (κ1) is 11.8. The summed E-state index contributed by atoms with van der Waals surface area (Å²) >= 11 is 0. The number of aliphatic hydroxyl groups is 4. The van der Waals surface area contributed by atoms with Gasteiger partial charge in [0.05, 0.1) is 32.6 Å². The van der Waals surface area contributed by atoms with Crippen molar-refractivity contribution >= 4 is 0 Å². The third-order valence-electron chi connectivity index (χ3n) is 2.62. The molecule has 0 aromatic rings. The van der Waals surface area contributed by atoms with E-state index in [1.54, 1.807) is 4.90 Å². The quantitative estimate of drug-likeness (QED) is 0.335. The number of aliphatic hydroxyl groups excluding tert-OH is 4. The number of nitrogens with zero attached hydrogens (tertiary/aromatic N) is 1. The highest BCUT2D eigenvalue weighted by Crippen LogP contribution is 2.11. The summed E-state index contributed by atoms with van der Waals surface area (Å²) in [6.07, 6.45) is 0. The standard InChI is InChI=1S/C8H18N2O4/c11-2-6-1-10(5-14)8(4-13)7(3-12)9-6/h6-9,11-14H,1-5H2. The molecule has 14 heavy (non-hydrogen) atoms. The van der Waals surface area contributed by atoms with Crippen molar-refractivity contribution in [3.8, 4) is 0 Å². The van der Waals surface area contributed by atoms with Crippen LogP contribution in [0.25, 0.3) is 0 Å². The van der Waals surface area contributed by atoms with Gasteiger partial charge in [-0.1, -0.05) is 0 Å². The third-order valence-corrected chi connectivity index (χ3v) is 2.62. The van der Waals surface area contributed by atoms with Gasteiger partial charge in [-0.25, -0.2) is 0 Å². The molecule has 0 aliphatic carbocycles. The van der Waals surface area contributed by atoms with E-state index in [9.17, 15) is 0 Å². The third kappa shape index (κ3) is 2.41. The molecule has 1 aliphatic heterocycles. The molecule has 1 heterocycles. The van der Waals surface area contributed by atoms with E-state index < -0.39 is 0 Å². The Labute approximate surface area is 82.8 Å². The molecular weight excluding hydrogens is 188 g/mol. The van der Waals surface area contributed by atoms with Crippen molar-refractivity contribution < 1.29 is 20.4 Å². The lowest BCUT2D eigenvalue weighted by Crippen LogP contribution is -2.65. The topological polar surface area (TPSA) is 96.2 Å². The van der Waals surface area contributed by atoms with Gasteiger partial charge in [0.2, 0.25) is 0 Å². The number of hydrogen-bond acceptors (Lipinski definition) is 6. The van der Waals surface area contributed by atoms with Gasteiger partial charge in [0, 0.05) is 18.6 Å². The molecule has 5 N–H and O–H groups in total. The zero-order chi connectivity index (χ0) is 10.6. The molecule has 0 radical (unpaired) electrons. The van der Waals surface area contributed by atoms with Crippen LogP contribution >= 0.6 is 0 Å². The van der Waals surface area contributed by atoms with E-state index in [4.69, 9.17) is 20.4 Å². The minimum absolute atomic E-state index is 0.0504. The lowest BCUT2D eigenvalue weighted by atomic mass is 10.0. The lowest BCUT2D eigenvalue weighted by Gasteiger charge is -2.42. The highest BCUT2D eigenvalue weighted by molar-refractivity contribution is 4.92. The molecule has 0 aromatic carbocycles. The average molecular weight is 206 g/mol. The van der Waals surface area contributed by atoms with Crippen molar-refractivity contribution in [1.29, 1.82) is 0 Å². The average Bonchev–Trinajstić information content (AvgIpc) is 2.26. The zero-order valence-electron chi connectivity index (χ0n) is 8.00. The van der Waals surface area contributed by atoms with Gasteiger partial charge in [-0.15, -0.1) is 0 Å². The molecule has 3 unspecified atom stereocenters. The van der Waals surface area contributed by atoms with Crippen LogP contribution in [-0.2, 0) is 0 Å². The predicted octanol–water partition coefficient (Wildman–Crippen LogP) is -3.08. The van der Waals surface area contributed by atoms with Crippen LogP contribution in [-0.4, -0.2) is 76.5 Å². The first-order valence-electron chi connectivity index (χ1n) is 4.70. The molecule has 1 saturated heterocycles. The van der Waals surface area contributed by atoms with Crippen molar-refractivity contribution in [3.63, 3.8) is 0 Å². The molecule has 0 aromatic heterocycles. The summed E-state index contributed by atoms with van der Waals surface area (Å²) in [6, 6.07) is -0.770. The number of piperazine rings is 1. The minimum Gasteiger partial charge on any atom is -0.395 e. The van der Waals surface area contributed by atoms with Crippen LogP contribution in [0, 0.1) is 0 Å². The molecule has 0 spiro atoms. The lowest BCUT2D eigenvalue weighted by molar-refractivity contribution is -0.0294. The zero-order valence-corrected chi connectivity index (χ0v) is 8.00.